The molecule has 8 heteroatoms. The summed E-state index contributed by atoms with van der Waals surface area (Å²) >= 11 is 0. The number of amides is 1. The molecule has 0 saturated heterocycles. The van der Waals surface area contributed by atoms with Crippen molar-refractivity contribution >= 4 is 22.8 Å². The largest absolute Gasteiger partial charge is 0.479 e. The molecule has 0 radical (unpaired) electrons. The molecule has 1 unspecified atom stereocenters. The SMILES string of the molecule is CC(NC(=O)c1cc2ccccc2o1)(C(=O)O)C(F)(F)F. The summed E-state index contributed by atoms with van der Waals surface area (Å²) in [5.41, 5.74) is -3.09. The topological polar surface area (TPSA) is 79.5 Å². The van der Waals surface area contributed by atoms with Crippen LogP contribution in [0.2, 0.25) is 0 Å². The van der Waals surface area contributed by atoms with E-state index in [4.69, 9.17) is 9.52 Å². The number of carboxylic acids is 1. The van der Waals surface area contributed by atoms with E-state index >= 15 is 0 Å². The first-order chi connectivity index (χ1) is 9.65. The van der Waals surface area contributed by atoms with Crippen LogP contribution in [0, 0.1) is 0 Å². The van der Waals surface area contributed by atoms with Crippen LogP contribution in [0.4, 0.5) is 13.2 Å². The first-order valence-corrected chi connectivity index (χ1v) is 5.76. The number of carbonyl (C=O) groups excluding carboxylic acids is 1. The van der Waals surface area contributed by atoms with Gasteiger partial charge in [0.15, 0.2) is 5.76 Å². The number of fused-ring (bicyclic) bond motifs is 1. The van der Waals surface area contributed by atoms with Crippen molar-refractivity contribution in [3.8, 4) is 0 Å². The molecule has 2 aromatic rings. The number of para-hydroxylation sites is 1. The Labute approximate surface area is 116 Å². The van der Waals surface area contributed by atoms with Crippen LogP contribution in [0.25, 0.3) is 11.0 Å². The van der Waals surface area contributed by atoms with E-state index in [1.54, 1.807) is 18.2 Å². The molecule has 2 rings (SSSR count). The van der Waals surface area contributed by atoms with Crippen molar-refractivity contribution in [3.63, 3.8) is 0 Å². The maximum absolute atomic E-state index is 12.8. The van der Waals surface area contributed by atoms with Gasteiger partial charge in [-0.15, -0.1) is 0 Å². The number of nitrogens with one attached hydrogen (secondary N) is 1. The molecule has 0 spiro atoms. The summed E-state index contributed by atoms with van der Waals surface area (Å²) in [5, 5.41) is 10.7. The number of benzene rings is 1. The molecule has 112 valence electrons. The van der Waals surface area contributed by atoms with Gasteiger partial charge in [-0.05, 0) is 19.1 Å². The lowest BCUT2D eigenvalue weighted by atomic mass is 10.0. The predicted octanol–water partition coefficient (Wildman–Crippen LogP) is 2.57. The van der Waals surface area contributed by atoms with E-state index < -0.39 is 29.4 Å². The van der Waals surface area contributed by atoms with Crippen LogP contribution in [0.15, 0.2) is 34.7 Å². The van der Waals surface area contributed by atoms with Crippen LogP contribution < -0.4 is 5.32 Å². The molecule has 2 N–H and O–H groups in total. The highest BCUT2D eigenvalue weighted by atomic mass is 19.4. The zero-order chi connectivity index (χ0) is 15.8. The van der Waals surface area contributed by atoms with E-state index in [9.17, 15) is 22.8 Å². The van der Waals surface area contributed by atoms with Crippen molar-refractivity contribution < 1.29 is 32.3 Å². The summed E-state index contributed by atoms with van der Waals surface area (Å²) in [4.78, 5) is 22.7. The third kappa shape index (κ3) is 2.56. The summed E-state index contributed by atoms with van der Waals surface area (Å²) < 4.78 is 43.5. The van der Waals surface area contributed by atoms with E-state index in [0.29, 0.717) is 17.9 Å². The zero-order valence-corrected chi connectivity index (χ0v) is 10.7. The van der Waals surface area contributed by atoms with Gasteiger partial charge in [-0.25, -0.2) is 4.79 Å². The molecule has 1 heterocycles. The molecule has 1 atom stereocenters. The number of aliphatic carboxylic acids is 1. The summed E-state index contributed by atoms with van der Waals surface area (Å²) in [5.74, 6) is -3.86. The molecule has 0 aliphatic heterocycles. The Kier molecular flexibility index (Phi) is 3.40. The van der Waals surface area contributed by atoms with Gasteiger partial charge in [-0.3, -0.25) is 4.79 Å². The molecule has 1 aromatic heterocycles. The van der Waals surface area contributed by atoms with Gasteiger partial charge in [-0.2, -0.15) is 13.2 Å². The maximum atomic E-state index is 12.8. The fraction of sp³-hybridized carbons (Fsp3) is 0.231. The maximum Gasteiger partial charge on any atom is 0.422 e. The Morgan fingerprint density at radius 1 is 1.24 bits per heavy atom. The van der Waals surface area contributed by atoms with Gasteiger partial charge in [0.2, 0.25) is 5.54 Å². The fourth-order valence-corrected chi connectivity index (χ4v) is 1.63. The lowest BCUT2D eigenvalue weighted by Crippen LogP contribution is -2.61. The molecule has 5 nitrogen and oxygen atoms in total. The summed E-state index contributed by atoms with van der Waals surface area (Å²) in [6.45, 7) is 0.371. The minimum Gasteiger partial charge on any atom is -0.479 e. The van der Waals surface area contributed by atoms with Gasteiger partial charge in [0.1, 0.15) is 5.58 Å². The third-order valence-corrected chi connectivity index (χ3v) is 3.01. The van der Waals surface area contributed by atoms with Crippen LogP contribution in [0.5, 0.6) is 0 Å². The van der Waals surface area contributed by atoms with Crippen molar-refractivity contribution in [2.24, 2.45) is 0 Å². The van der Waals surface area contributed by atoms with Gasteiger partial charge in [0, 0.05) is 5.39 Å². The van der Waals surface area contributed by atoms with Crippen LogP contribution in [0.1, 0.15) is 17.5 Å². The molecule has 0 bridgehead atoms. The number of rotatable bonds is 3. The summed E-state index contributed by atoms with van der Waals surface area (Å²) in [6.07, 6.45) is -5.15. The number of hydrogen-bond donors (Lipinski definition) is 2. The van der Waals surface area contributed by atoms with Crippen LogP contribution >= 0.6 is 0 Å². The van der Waals surface area contributed by atoms with E-state index in [2.05, 4.69) is 0 Å². The Morgan fingerprint density at radius 2 is 1.86 bits per heavy atom. The highest BCUT2D eigenvalue weighted by Gasteiger charge is 2.58. The molecule has 0 aliphatic carbocycles. The van der Waals surface area contributed by atoms with Crippen molar-refractivity contribution in [1.82, 2.24) is 5.32 Å². The number of carboxylic acid groups (broad SMARTS) is 1. The highest BCUT2D eigenvalue weighted by Crippen LogP contribution is 2.31. The van der Waals surface area contributed by atoms with Gasteiger partial charge in [0.25, 0.3) is 5.91 Å². The number of carbonyl (C=O) groups is 2. The minimum atomic E-state index is -5.15. The quantitative estimate of drug-likeness (QED) is 0.913. The molecule has 0 aliphatic rings. The second kappa shape index (κ2) is 4.80. The van der Waals surface area contributed by atoms with Crippen molar-refractivity contribution in [1.29, 1.82) is 0 Å². The second-order valence-corrected chi connectivity index (χ2v) is 4.53. The number of halogens is 3. The third-order valence-electron chi connectivity index (χ3n) is 3.01. The zero-order valence-electron chi connectivity index (χ0n) is 10.7. The van der Waals surface area contributed by atoms with Crippen molar-refractivity contribution in [3.05, 3.63) is 36.1 Å². The van der Waals surface area contributed by atoms with Gasteiger partial charge >= 0.3 is 12.1 Å². The smallest absolute Gasteiger partial charge is 0.422 e. The van der Waals surface area contributed by atoms with Crippen LogP contribution in [0.3, 0.4) is 0 Å². The standard InChI is InChI=1S/C13H10F3NO4/c1-12(11(19)20,13(14,15)16)17-10(18)9-6-7-4-2-3-5-8(7)21-9/h2-6H,1H3,(H,17,18)(H,19,20). The molecule has 1 amide bonds. The van der Waals surface area contributed by atoms with Crippen LogP contribution in [-0.4, -0.2) is 28.7 Å². The molecular weight excluding hydrogens is 291 g/mol. The monoisotopic (exact) mass is 301 g/mol. The lowest BCUT2D eigenvalue weighted by molar-refractivity contribution is -0.203. The Morgan fingerprint density at radius 3 is 2.38 bits per heavy atom. The van der Waals surface area contributed by atoms with E-state index in [1.165, 1.54) is 17.4 Å². The molecule has 21 heavy (non-hydrogen) atoms. The normalized spacial score (nSPS) is 14.7. The van der Waals surface area contributed by atoms with E-state index in [0.717, 1.165) is 0 Å². The number of hydrogen-bond acceptors (Lipinski definition) is 3. The van der Waals surface area contributed by atoms with E-state index in [1.807, 2.05) is 0 Å². The van der Waals surface area contributed by atoms with Crippen LogP contribution in [-0.2, 0) is 4.79 Å². The van der Waals surface area contributed by atoms with E-state index in [-0.39, 0.29) is 0 Å². The lowest BCUT2D eigenvalue weighted by Gasteiger charge is -2.27. The van der Waals surface area contributed by atoms with Crippen molar-refractivity contribution in [2.75, 3.05) is 0 Å². The fourth-order valence-electron chi connectivity index (χ4n) is 1.63. The number of alkyl halides is 3. The molecule has 1 aromatic carbocycles. The first-order valence-electron chi connectivity index (χ1n) is 5.76. The first kappa shape index (κ1) is 14.9. The molecule has 0 fully saturated rings. The minimum absolute atomic E-state index is 0.312. The predicted molar refractivity (Wildman–Crippen MR) is 65.8 cm³/mol. The average Bonchev–Trinajstić information content (AvgIpc) is 2.80. The number of furan rings is 1. The van der Waals surface area contributed by atoms with Crippen molar-refractivity contribution in [2.45, 2.75) is 18.6 Å². The molecule has 0 saturated carbocycles. The second-order valence-electron chi connectivity index (χ2n) is 4.53. The summed E-state index contributed by atoms with van der Waals surface area (Å²) in [6, 6.07) is 7.67. The van der Waals surface area contributed by atoms with Gasteiger partial charge < -0.3 is 14.8 Å². The Bertz CT molecular complexity index is 674. The Balaban J connectivity index is 2.33. The average molecular weight is 301 g/mol. The highest BCUT2D eigenvalue weighted by molar-refractivity contribution is 5.99. The summed E-state index contributed by atoms with van der Waals surface area (Å²) in [7, 11) is 0. The van der Waals surface area contributed by atoms with Gasteiger partial charge in [0.05, 0.1) is 0 Å². The molecular formula is C13H10F3NO4. The van der Waals surface area contributed by atoms with Gasteiger partial charge in [-0.1, -0.05) is 18.2 Å². The Hall–Kier alpha value is -2.51.